The zero-order valence-electron chi connectivity index (χ0n) is 21.2. The van der Waals surface area contributed by atoms with E-state index in [1.54, 1.807) is 42.5 Å². The van der Waals surface area contributed by atoms with Crippen molar-refractivity contribution in [3.05, 3.63) is 89.2 Å². The largest absolute Gasteiger partial charge is 0.507 e. The first kappa shape index (κ1) is 27.0. The topological polar surface area (TPSA) is 100 Å². The number of nitrogens with zero attached hydrogens (tertiary/aromatic N) is 2. The van der Waals surface area contributed by atoms with Gasteiger partial charge in [0.1, 0.15) is 22.0 Å². The number of phenols is 1. The average Bonchev–Trinajstić information content (AvgIpc) is 3.37. The van der Waals surface area contributed by atoms with Crippen molar-refractivity contribution < 1.29 is 28.6 Å². The standard InChI is InChI=1S/C28H28FN3O5S/c1-4-17(2)30-24(34)16-37-23-11-7-9-21(25(23)36-3)28-32(27(35)20-8-5-6-10-22(20)33)31-26(38-28)18-12-14-19(29)15-13-18/h5-15,17,28,33H,4,16H2,1-3H3,(H,30,34)/t17-,28-/m1/s1. The van der Waals surface area contributed by atoms with Crippen molar-refractivity contribution in [3.8, 4) is 17.2 Å². The average molecular weight is 538 g/mol. The van der Waals surface area contributed by atoms with Gasteiger partial charge in [0.05, 0.1) is 12.7 Å². The number of methoxy groups -OCH3 is 1. The van der Waals surface area contributed by atoms with Crippen molar-refractivity contribution in [2.45, 2.75) is 31.7 Å². The van der Waals surface area contributed by atoms with Crippen LogP contribution in [0.25, 0.3) is 0 Å². The minimum atomic E-state index is -0.699. The number of hydrogen-bond donors (Lipinski definition) is 2. The van der Waals surface area contributed by atoms with E-state index in [0.717, 1.165) is 6.42 Å². The Morgan fingerprint density at radius 2 is 1.87 bits per heavy atom. The fraction of sp³-hybridized carbons (Fsp3) is 0.250. The van der Waals surface area contributed by atoms with E-state index in [9.17, 15) is 19.1 Å². The van der Waals surface area contributed by atoms with Crippen LogP contribution in [0.2, 0.25) is 0 Å². The van der Waals surface area contributed by atoms with Gasteiger partial charge in [0.2, 0.25) is 0 Å². The third-order valence-corrected chi connectivity index (χ3v) is 7.15. The Kier molecular flexibility index (Phi) is 8.52. The second kappa shape index (κ2) is 12.0. The maximum atomic E-state index is 13.6. The molecule has 0 aromatic heterocycles. The van der Waals surface area contributed by atoms with Gasteiger partial charge >= 0.3 is 0 Å². The van der Waals surface area contributed by atoms with Crippen molar-refractivity contribution in [1.29, 1.82) is 0 Å². The van der Waals surface area contributed by atoms with E-state index in [2.05, 4.69) is 10.4 Å². The Morgan fingerprint density at radius 1 is 1.13 bits per heavy atom. The molecule has 1 aliphatic heterocycles. The monoisotopic (exact) mass is 537 g/mol. The van der Waals surface area contributed by atoms with Gasteiger partial charge in [-0.1, -0.05) is 43.0 Å². The Balaban J connectivity index is 1.69. The third kappa shape index (κ3) is 5.91. The molecule has 3 aromatic carbocycles. The van der Waals surface area contributed by atoms with Crippen molar-refractivity contribution >= 4 is 28.6 Å². The highest BCUT2D eigenvalue weighted by molar-refractivity contribution is 8.14. The summed E-state index contributed by atoms with van der Waals surface area (Å²) in [4.78, 5) is 25.9. The number of phenolic OH excluding ortho intramolecular Hbond substituents is 1. The molecular weight excluding hydrogens is 509 g/mol. The molecule has 0 saturated carbocycles. The molecule has 0 saturated heterocycles. The lowest BCUT2D eigenvalue weighted by Crippen LogP contribution is -2.35. The molecule has 198 valence electrons. The van der Waals surface area contributed by atoms with Gasteiger partial charge in [-0.25, -0.2) is 9.40 Å². The lowest BCUT2D eigenvalue weighted by Gasteiger charge is -2.24. The van der Waals surface area contributed by atoms with Gasteiger partial charge in [-0.2, -0.15) is 5.10 Å². The lowest BCUT2D eigenvalue weighted by molar-refractivity contribution is -0.123. The number of amides is 2. The molecule has 2 atom stereocenters. The Morgan fingerprint density at radius 3 is 2.55 bits per heavy atom. The summed E-state index contributed by atoms with van der Waals surface area (Å²) >= 11 is 1.27. The van der Waals surface area contributed by atoms with Gasteiger partial charge in [-0.15, -0.1) is 0 Å². The maximum absolute atomic E-state index is 13.6. The number of nitrogens with one attached hydrogen (secondary N) is 1. The normalized spacial score (nSPS) is 15.5. The van der Waals surface area contributed by atoms with E-state index in [0.29, 0.717) is 27.7 Å². The Hall–Kier alpha value is -4.05. The summed E-state index contributed by atoms with van der Waals surface area (Å²) in [6, 6.07) is 17.2. The van der Waals surface area contributed by atoms with Gasteiger partial charge in [0, 0.05) is 17.2 Å². The quantitative estimate of drug-likeness (QED) is 0.395. The SMILES string of the molecule is CC[C@@H](C)NC(=O)COc1cccc([C@H]2SC(c3ccc(F)cc3)=NN2C(=O)c2ccccc2O)c1OC. The molecule has 1 aliphatic rings. The molecule has 2 amide bonds. The van der Waals surface area contributed by atoms with Crippen LogP contribution in [0.4, 0.5) is 4.39 Å². The molecule has 3 aromatic rings. The lowest BCUT2D eigenvalue weighted by atomic mass is 10.1. The van der Waals surface area contributed by atoms with Gasteiger partial charge in [-0.05, 0) is 55.8 Å². The van der Waals surface area contributed by atoms with E-state index in [-0.39, 0.29) is 35.7 Å². The zero-order chi connectivity index (χ0) is 27.2. The van der Waals surface area contributed by atoms with Crippen LogP contribution < -0.4 is 14.8 Å². The number of thioether (sulfide) groups is 1. The number of hydrogen-bond acceptors (Lipinski definition) is 7. The van der Waals surface area contributed by atoms with Crippen molar-refractivity contribution in [2.75, 3.05) is 13.7 Å². The van der Waals surface area contributed by atoms with Crippen molar-refractivity contribution in [1.82, 2.24) is 10.3 Å². The summed E-state index contributed by atoms with van der Waals surface area (Å²) in [5.74, 6) is -0.690. The van der Waals surface area contributed by atoms with Crippen LogP contribution in [0.15, 0.2) is 71.8 Å². The van der Waals surface area contributed by atoms with E-state index in [1.807, 2.05) is 13.8 Å². The van der Waals surface area contributed by atoms with Gasteiger partial charge < -0.3 is 19.9 Å². The number of rotatable bonds is 9. The van der Waals surface area contributed by atoms with Crippen LogP contribution in [0, 0.1) is 5.82 Å². The molecule has 0 bridgehead atoms. The van der Waals surface area contributed by atoms with Gasteiger partial charge in [0.15, 0.2) is 18.1 Å². The van der Waals surface area contributed by atoms with Crippen LogP contribution in [-0.4, -0.2) is 46.7 Å². The van der Waals surface area contributed by atoms with Crippen LogP contribution in [-0.2, 0) is 4.79 Å². The van der Waals surface area contributed by atoms with E-state index >= 15 is 0 Å². The third-order valence-electron chi connectivity index (χ3n) is 5.94. The molecule has 1 heterocycles. The van der Waals surface area contributed by atoms with Crippen LogP contribution in [0.5, 0.6) is 17.2 Å². The molecule has 0 spiro atoms. The van der Waals surface area contributed by atoms with Crippen LogP contribution in [0.1, 0.15) is 47.1 Å². The van der Waals surface area contributed by atoms with Crippen LogP contribution in [0.3, 0.4) is 0 Å². The highest BCUT2D eigenvalue weighted by Crippen LogP contribution is 2.47. The summed E-state index contributed by atoms with van der Waals surface area (Å²) < 4.78 is 25.0. The molecule has 38 heavy (non-hydrogen) atoms. The van der Waals surface area contributed by atoms with Gasteiger partial charge in [0.25, 0.3) is 11.8 Å². The highest BCUT2D eigenvalue weighted by atomic mass is 32.2. The second-order valence-electron chi connectivity index (χ2n) is 8.59. The molecule has 0 unspecified atom stereocenters. The fourth-order valence-corrected chi connectivity index (χ4v) is 4.97. The molecule has 0 radical (unpaired) electrons. The predicted octanol–water partition coefficient (Wildman–Crippen LogP) is 5.08. The Labute approximate surface area is 224 Å². The van der Waals surface area contributed by atoms with E-state index < -0.39 is 11.3 Å². The maximum Gasteiger partial charge on any atom is 0.279 e. The molecule has 4 rings (SSSR count). The number of para-hydroxylation sites is 2. The first-order valence-corrected chi connectivity index (χ1v) is 12.9. The number of hydrazone groups is 1. The summed E-state index contributed by atoms with van der Waals surface area (Å²) in [6.45, 7) is 3.67. The van der Waals surface area contributed by atoms with Crippen LogP contribution >= 0.6 is 11.8 Å². The number of ether oxygens (including phenoxy) is 2. The predicted molar refractivity (Wildman–Crippen MR) is 144 cm³/mol. The molecule has 0 aliphatic carbocycles. The van der Waals surface area contributed by atoms with Crippen molar-refractivity contribution in [3.63, 3.8) is 0 Å². The fourth-order valence-electron chi connectivity index (χ4n) is 3.79. The van der Waals surface area contributed by atoms with E-state index in [1.165, 1.54) is 48.1 Å². The first-order valence-electron chi connectivity index (χ1n) is 12.0. The minimum Gasteiger partial charge on any atom is -0.507 e. The van der Waals surface area contributed by atoms with Gasteiger partial charge in [-0.3, -0.25) is 9.59 Å². The smallest absolute Gasteiger partial charge is 0.279 e. The van der Waals surface area contributed by atoms with Crippen molar-refractivity contribution in [2.24, 2.45) is 5.10 Å². The summed E-state index contributed by atoms with van der Waals surface area (Å²) in [5, 5.41) is 18.8. The minimum absolute atomic E-state index is 0.0187. The number of aromatic hydroxyl groups is 1. The molecule has 2 N–H and O–H groups in total. The number of carbonyl (C=O) groups excluding carboxylic acids is 2. The summed E-state index contributed by atoms with van der Waals surface area (Å²) in [5.41, 5.74) is 1.28. The number of benzene rings is 3. The summed E-state index contributed by atoms with van der Waals surface area (Å²) in [7, 11) is 1.47. The summed E-state index contributed by atoms with van der Waals surface area (Å²) in [6.07, 6.45) is 0.792. The molecule has 10 heteroatoms. The molecular formula is C28H28FN3O5S. The first-order chi connectivity index (χ1) is 18.3. The number of halogens is 1. The molecule has 0 fully saturated rings. The molecule has 8 nitrogen and oxygen atoms in total. The highest BCUT2D eigenvalue weighted by Gasteiger charge is 2.37. The Bertz CT molecular complexity index is 1350. The number of carbonyl (C=O) groups is 2. The zero-order valence-corrected chi connectivity index (χ0v) is 22.0. The van der Waals surface area contributed by atoms with E-state index in [4.69, 9.17) is 9.47 Å². The second-order valence-corrected chi connectivity index (χ2v) is 9.66.